The van der Waals surface area contributed by atoms with Crippen LogP contribution in [0.5, 0.6) is 11.5 Å². The predicted octanol–water partition coefficient (Wildman–Crippen LogP) is 2.01. The third-order valence-corrected chi connectivity index (χ3v) is 2.94. The first-order valence-corrected chi connectivity index (χ1v) is 6.28. The molecular formula is C14H18N4O2. The number of nitrogens with two attached hydrogens (primary N) is 1. The number of hydrazine groups is 1. The molecule has 6 heteroatoms. The second kappa shape index (κ2) is 6.21. The highest BCUT2D eigenvalue weighted by atomic mass is 16.5. The Morgan fingerprint density at radius 3 is 2.55 bits per heavy atom. The third-order valence-electron chi connectivity index (χ3n) is 2.94. The maximum atomic E-state index is 5.45. The van der Waals surface area contributed by atoms with E-state index in [0.717, 1.165) is 23.4 Å². The summed E-state index contributed by atoms with van der Waals surface area (Å²) in [5.74, 6) is 7.96. The Morgan fingerprint density at radius 1 is 1.15 bits per heavy atom. The molecular weight excluding hydrogens is 256 g/mol. The average Bonchev–Trinajstić information content (AvgIpc) is 2.53. The summed E-state index contributed by atoms with van der Waals surface area (Å²) in [6.07, 6.45) is 0.794. The van der Waals surface area contributed by atoms with Crippen molar-refractivity contribution in [1.82, 2.24) is 9.97 Å². The van der Waals surface area contributed by atoms with E-state index in [1.165, 1.54) is 0 Å². The lowest BCUT2D eigenvalue weighted by Gasteiger charge is -2.11. The number of nitrogens with zero attached hydrogens (tertiary/aromatic N) is 2. The van der Waals surface area contributed by atoms with Crippen molar-refractivity contribution in [2.24, 2.45) is 5.84 Å². The lowest BCUT2D eigenvalue weighted by molar-refractivity contribution is 0.395. The van der Waals surface area contributed by atoms with Gasteiger partial charge in [-0.15, -0.1) is 0 Å². The molecule has 1 heterocycles. The van der Waals surface area contributed by atoms with E-state index in [4.69, 9.17) is 15.3 Å². The second-order valence-corrected chi connectivity index (χ2v) is 4.13. The Hall–Kier alpha value is -2.34. The van der Waals surface area contributed by atoms with Crippen molar-refractivity contribution in [3.05, 3.63) is 30.0 Å². The van der Waals surface area contributed by atoms with Gasteiger partial charge in [0, 0.05) is 17.8 Å². The van der Waals surface area contributed by atoms with E-state index in [1.807, 2.05) is 25.1 Å². The van der Waals surface area contributed by atoms with Crippen LogP contribution in [-0.2, 0) is 6.42 Å². The topological polar surface area (TPSA) is 82.3 Å². The minimum Gasteiger partial charge on any atom is -0.497 e. The van der Waals surface area contributed by atoms with E-state index in [9.17, 15) is 0 Å². The van der Waals surface area contributed by atoms with Crippen LogP contribution >= 0.6 is 0 Å². The van der Waals surface area contributed by atoms with Gasteiger partial charge in [-0.1, -0.05) is 6.92 Å². The molecule has 0 atom stereocenters. The van der Waals surface area contributed by atoms with Gasteiger partial charge in [-0.25, -0.2) is 15.8 Å². The molecule has 0 spiro atoms. The highest BCUT2D eigenvalue weighted by Gasteiger charge is 2.12. The number of aromatic nitrogens is 2. The zero-order valence-corrected chi connectivity index (χ0v) is 11.8. The quantitative estimate of drug-likeness (QED) is 0.641. The molecule has 1 aromatic heterocycles. The molecule has 0 fully saturated rings. The molecule has 3 N–H and O–H groups in total. The predicted molar refractivity (Wildman–Crippen MR) is 77.8 cm³/mol. The fraction of sp³-hybridized carbons (Fsp3) is 0.286. The van der Waals surface area contributed by atoms with Crippen molar-refractivity contribution in [3.8, 4) is 22.9 Å². The fourth-order valence-electron chi connectivity index (χ4n) is 1.86. The summed E-state index contributed by atoms with van der Waals surface area (Å²) in [6.45, 7) is 2.03. The van der Waals surface area contributed by atoms with Crippen LogP contribution in [0.2, 0.25) is 0 Å². The standard InChI is InChI=1S/C14H18N4O2/c1-4-9-7-13(18-15)17-14(16-9)11-6-5-10(19-2)8-12(11)20-3/h5-8H,4,15H2,1-3H3,(H,16,17,18). The van der Waals surface area contributed by atoms with Gasteiger partial charge >= 0.3 is 0 Å². The summed E-state index contributed by atoms with van der Waals surface area (Å²) in [5, 5.41) is 0. The van der Waals surface area contributed by atoms with E-state index < -0.39 is 0 Å². The lowest BCUT2D eigenvalue weighted by Crippen LogP contribution is -2.10. The Kier molecular flexibility index (Phi) is 4.37. The summed E-state index contributed by atoms with van der Waals surface area (Å²) in [6, 6.07) is 7.33. The Morgan fingerprint density at radius 2 is 1.95 bits per heavy atom. The maximum absolute atomic E-state index is 5.45. The van der Waals surface area contributed by atoms with Crippen LogP contribution in [0.1, 0.15) is 12.6 Å². The van der Waals surface area contributed by atoms with Gasteiger partial charge in [0.15, 0.2) is 5.82 Å². The van der Waals surface area contributed by atoms with Gasteiger partial charge < -0.3 is 14.9 Å². The molecule has 0 saturated carbocycles. The van der Waals surface area contributed by atoms with E-state index >= 15 is 0 Å². The molecule has 6 nitrogen and oxygen atoms in total. The lowest BCUT2D eigenvalue weighted by atomic mass is 10.1. The SMILES string of the molecule is CCc1cc(NN)nc(-c2ccc(OC)cc2OC)n1. The molecule has 0 bridgehead atoms. The highest BCUT2D eigenvalue weighted by molar-refractivity contribution is 5.67. The Bertz CT molecular complexity index is 579. The Balaban J connectivity index is 2.55. The summed E-state index contributed by atoms with van der Waals surface area (Å²) in [4.78, 5) is 8.87. The van der Waals surface area contributed by atoms with Crippen LogP contribution in [0, 0.1) is 0 Å². The van der Waals surface area contributed by atoms with Crippen molar-refractivity contribution in [2.75, 3.05) is 19.6 Å². The molecule has 20 heavy (non-hydrogen) atoms. The van der Waals surface area contributed by atoms with Crippen molar-refractivity contribution in [1.29, 1.82) is 0 Å². The van der Waals surface area contributed by atoms with Gasteiger partial charge in [-0.3, -0.25) is 0 Å². The Labute approximate surface area is 117 Å². The van der Waals surface area contributed by atoms with Gasteiger partial charge in [0.25, 0.3) is 0 Å². The van der Waals surface area contributed by atoms with Gasteiger partial charge in [-0.2, -0.15) is 0 Å². The number of benzene rings is 1. The first kappa shape index (κ1) is 14.1. The molecule has 0 unspecified atom stereocenters. The minimum absolute atomic E-state index is 0.566. The van der Waals surface area contributed by atoms with Gasteiger partial charge in [0.2, 0.25) is 0 Å². The number of aryl methyl sites for hydroxylation is 1. The number of anilines is 1. The summed E-state index contributed by atoms with van der Waals surface area (Å²) in [5.41, 5.74) is 4.25. The first-order chi connectivity index (χ1) is 9.71. The molecule has 0 radical (unpaired) electrons. The molecule has 1 aromatic carbocycles. The van der Waals surface area contributed by atoms with Crippen molar-refractivity contribution < 1.29 is 9.47 Å². The normalized spacial score (nSPS) is 10.2. The zero-order chi connectivity index (χ0) is 14.5. The van der Waals surface area contributed by atoms with Crippen LogP contribution in [0.4, 0.5) is 5.82 Å². The number of nitrogens with one attached hydrogen (secondary N) is 1. The monoisotopic (exact) mass is 274 g/mol. The van der Waals surface area contributed by atoms with Crippen molar-refractivity contribution in [3.63, 3.8) is 0 Å². The zero-order valence-electron chi connectivity index (χ0n) is 11.8. The molecule has 2 rings (SSSR count). The number of rotatable bonds is 5. The molecule has 0 aliphatic rings. The van der Waals surface area contributed by atoms with E-state index in [-0.39, 0.29) is 0 Å². The van der Waals surface area contributed by atoms with Gasteiger partial charge in [0.1, 0.15) is 17.3 Å². The molecule has 106 valence electrons. The number of methoxy groups -OCH3 is 2. The van der Waals surface area contributed by atoms with Crippen molar-refractivity contribution >= 4 is 5.82 Å². The van der Waals surface area contributed by atoms with Gasteiger partial charge in [-0.05, 0) is 18.6 Å². The summed E-state index contributed by atoms with van der Waals surface area (Å²) in [7, 11) is 3.21. The van der Waals surface area contributed by atoms with Crippen LogP contribution in [0.25, 0.3) is 11.4 Å². The third kappa shape index (κ3) is 2.80. The molecule has 0 saturated heterocycles. The van der Waals surface area contributed by atoms with Crippen LogP contribution in [-0.4, -0.2) is 24.2 Å². The fourth-order valence-corrected chi connectivity index (χ4v) is 1.86. The van der Waals surface area contributed by atoms with Crippen molar-refractivity contribution in [2.45, 2.75) is 13.3 Å². The van der Waals surface area contributed by atoms with Gasteiger partial charge in [0.05, 0.1) is 19.8 Å². The van der Waals surface area contributed by atoms with E-state index in [1.54, 1.807) is 20.3 Å². The number of hydrogen-bond acceptors (Lipinski definition) is 6. The summed E-state index contributed by atoms with van der Waals surface area (Å²) < 4.78 is 10.6. The summed E-state index contributed by atoms with van der Waals surface area (Å²) >= 11 is 0. The number of nitrogen functional groups attached to an aromatic ring is 1. The van der Waals surface area contributed by atoms with Crippen LogP contribution in [0.15, 0.2) is 24.3 Å². The second-order valence-electron chi connectivity index (χ2n) is 4.13. The molecule has 0 aliphatic heterocycles. The molecule has 0 aliphatic carbocycles. The molecule has 0 amide bonds. The van der Waals surface area contributed by atoms with Crippen LogP contribution < -0.4 is 20.7 Å². The van der Waals surface area contributed by atoms with Crippen LogP contribution in [0.3, 0.4) is 0 Å². The number of hydrogen-bond donors (Lipinski definition) is 2. The first-order valence-electron chi connectivity index (χ1n) is 6.28. The average molecular weight is 274 g/mol. The maximum Gasteiger partial charge on any atom is 0.165 e. The minimum atomic E-state index is 0.566. The highest BCUT2D eigenvalue weighted by Crippen LogP contribution is 2.31. The van der Waals surface area contributed by atoms with E-state index in [0.29, 0.717) is 17.4 Å². The smallest absolute Gasteiger partial charge is 0.165 e. The molecule has 2 aromatic rings. The largest absolute Gasteiger partial charge is 0.497 e. The number of ether oxygens (including phenoxy) is 2. The van der Waals surface area contributed by atoms with E-state index in [2.05, 4.69) is 15.4 Å².